The first-order valence-electron chi connectivity index (χ1n) is 2.60. The van der Waals surface area contributed by atoms with E-state index in [0.29, 0.717) is 12.8 Å². The van der Waals surface area contributed by atoms with Gasteiger partial charge in [0.1, 0.15) is 5.41 Å². The summed E-state index contributed by atoms with van der Waals surface area (Å²) in [5, 5.41) is -1.00. The Labute approximate surface area is 46.7 Å². The predicted octanol–water partition coefficient (Wildman–Crippen LogP) is 2.35. The van der Waals surface area contributed by atoms with Crippen LogP contribution in [0, 0.1) is 0 Å². The normalized spacial score (nSPS) is 12.0. The highest BCUT2D eigenvalue weighted by Gasteiger charge is 2.15. The first-order valence-corrected chi connectivity index (χ1v) is 3.18. The summed E-state index contributed by atoms with van der Waals surface area (Å²) >= 11 is 0. The third-order valence-corrected chi connectivity index (χ3v) is 1.99. The van der Waals surface area contributed by atoms with Crippen LogP contribution in [-0.4, -0.2) is 5.41 Å². The number of hydrogen-bond donors (Lipinski definition) is 0. The number of hydrogen-bond acceptors (Lipinski definition) is 0. The van der Waals surface area contributed by atoms with Crippen molar-refractivity contribution in [3.05, 3.63) is 0 Å². The molecule has 0 rings (SSSR count). The van der Waals surface area contributed by atoms with E-state index < -0.39 is 5.41 Å². The smallest absolute Gasteiger partial charge is 0.123 e. The van der Waals surface area contributed by atoms with Crippen molar-refractivity contribution in [2.45, 2.75) is 32.1 Å². The molecule has 1 unspecified atom stereocenters. The largest absolute Gasteiger partial charge is 0.240 e. The fraction of sp³-hybridized carbons (Fsp3) is 1.00. The molecule has 0 saturated carbocycles. The first-order chi connectivity index (χ1) is 3.12. The van der Waals surface area contributed by atoms with Crippen LogP contribution in [0.2, 0.25) is 0 Å². The lowest BCUT2D eigenvalue weighted by Gasteiger charge is -2.13. The maximum absolute atomic E-state index is 12.5. The molecule has 1 atom stereocenters. The molecule has 0 fully saturated rings. The van der Waals surface area contributed by atoms with Crippen molar-refractivity contribution < 1.29 is 4.39 Å². The summed E-state index contributed by atoms with van der Waals surface area (Å²) in [6, 6.07) is 0. The Morgan fingerprint density at radius 3 is 1.71 bits per heavy atom. The van der Waals surface area contributed by atoms with Gasteiger partial charge >= 0.3 is 0 Å². The molecule has 0 aromatic carbocycles. The van der Waals surface area contributed by atoms with Crippen molar-refractivity contribution in [1.82, 2.24) is 0 Å². The van der Waals surface area contributed by atoms with Crippen LogP contribution >= 0.6 is 9.24 Å². The lowest BCUT2D eigenvalue weighted by atomic mass is 10.2. The highest BCUT2D eigenvalue weighted by Crippen LogP contribution is 2.27. The zero-order valence-electron chi connectivity index (χ0n) is 4.87. The molecule has 2 heteroatoms. The monoisotopic (exact) mass is 122 g/mol. The quantitative estimate of drug-likeness (QED) is 0.493. The van der Waals surface area contributed by atoms with Gasteiger partial charge in [0.25, 0.3) is 0 Å². The molecular weight excluding hydrogens is 110 g/mol. The highest BCUT2D eigenvalue weighted by molar-refractivity contribution is 7.18. The van der Waals surface area contributed by atoms with E-state index in [4.69, 9.17) is 0 Å². The first kappa shape index (κ1) is 7.36. The summed E-state index contributed by atoms with van der Waals surface area (Å²) in [4.78, 5) is 0. The zero-order valence-corrected chi connectivity index (χ0v) is 6.02. The van der Waals surface area contributed by atoms with Gasteiger partial charge in [-0.05, 0) is 12.8 Å². The third-order valence-electron chi connectivity index (χ3n) is 1.18. The minimum atomic E-state index is -1.00. The molecule has 0 aliphatic heterocycles. The molecule has 0 nitrogen and oxygen atoms in total. The average Bonchev–Trinajstić information content (AvgIpc) is 1.68. The second-order valence-corrected chi connectivity index (χ2v) is 2.78. The average molecular weight is 122 g/mol. The van der Waals surface area contributed by atoms with Crippen LogP contribution in [0.5, 0.6) is 0 Å². The Bertz CT molecular complexity index is 46.0. The maximum Gasteiger partial charge on any atom is 0.123 e. The number of rotatable bonds is 2. The second kappa shape index (κ2) is 2.61. The lowest BCUT2D eigenvalue weighted by molar-refractivity contribution is 0.270. The van der Waals surface area contributed by atoms with E-state index in [2.05, 4.69) is 9.24 Å². The molecule has 0 aromatic rings. The van der Waals surface area contributed by atoms with E-state index in [-0.39, 0.29) is 0 Å². The van der Waals surface area contributed by atoms with Crippen molar-refractivity contribution in [3.8, 4) is 0 Å². The molecular formula is C5H12FP. The van der Waals surface area contributed by atoms with E-state index in [9.17, 15) is 4.39 Å². The van der Waals surface area contributed by atoms with Gasteiger partial charge in [0.2, 0.25) is 0 Å². The molecule has 0 aliphatic rings. The second-order valence-electron chi connectivity index (χ2n) is 1.74. The standard InChI is InChI=1S/C5H12FP/c1-3-5(6,7)4-2/h3-4,7H2,1-2H3. The van der Waals surface area contributed by atoms with Crippen molar-refractivity contribution in [2.24, 2.45) is 0 Å². The summed E-state index contributed by atoms with van der Waals surface area (Å²) in [5.41, 5.74) is 0. The molecule has 7 heavy (non-hydrogen) atoms. The van der Waals surface area contributed by atoms with Crippen LogP contribution in [0.3, 0.4) is 0 Å². The van der Waals surface area contributed by atoms with Gasteiger partial charge in [-0.15, -0.1) is 0 Å². The van der Waals surface area contributed by atoms with Crippen LogP contribution in [-0.2, 0) is 0 Å². The Hall–Kier alpha value is 0.360. The molecule has 0 N–H and O–H groups in total. The van der Waals surface area contributed by atoms with Crippen molar-refractivity contribution >= 4 is 9.24 Å². The molecule has 0 spiro atoms. The Balaban J connectivity index is 3.36. The van der Waals surface area contributed by atoms with Crippen LogP contribution in [0.15, 0.2) is 0 Å². The van der Waals surface area contributed by atoms with E-state index in [1.54, 1.807) is 0 Å². The maximum atomic E-state index is 12.5. The summed E-state index contributed by atoms with van der Waals surface area (Å²) in [7, 11) is 2.20. The fourth-order valence-electron chi connectivity index (χ4n) is 0.250. The minimum absolute atomic E-state index is 0.591. The molecule has 0 radical (unpaired) electrons. The third kappa shape index (κ3) is 2.99. The van der Waals surface area contributed by atoms with Gasteiger partial charge in [-0.3, -0.25) is 0 Å². The van der Waals surface area contributed by atoms with E-state index in [1.807, 2.05) is 13.8 Å². The predicted molar refractivity (Wildman–Crippen MR) is 34.1 cm³/mol. The van der Waals surface area contributed by atoms with Crippen molar-refractivity contribution in [1.29, 1.82) is 0 Å². The van der Waals surface area contributed by atoms with Gasteiger partial charge < -0.3 is 0 Å². The summed E-state index contributed by atoms with van der Waals surface area (Å²) < 4.78 is 12.5. The zero-order chi connectivity index (χ0) is 5.91. The molecule has 44 valence electrons. The van der Waals surface area contributed by atoms with Gasteiger partial charge in [0, 0.05) is 0 Å². The van der Waals surface area contributed by atoms with Crippen LogP contribution < -0.4 is 0 Å². The molecule has 0 aromatic heterocycles. The lowest BCUT2D eigenvalue weighted by Crippen LogP contribution is -2.07. The van der Waals surface area contributed by atoms with Gasteiger partial charge in [0.15, 0.2) is 0 Å². The van der Waals surface area contributed by atoms with Gasteiger partial charge in [-0.1, -0.05) is 23.1 Å². The van der Waals surface area contributed by atoms with E-state index in [0.717, 1.165) is 0 Å². The summed E-state index contributed by atoms with van der Waals surface area (Å²) in [6.45, 7) is 3.69. The SMILES string of the molecule is CCC(F)(P)CC. The summed E-state index contributed by atoms with van der Waals surface area (Å²) in [5.74, 6) is 0. The molecule has 0 bridgehead atoms. The number of alkyl halides is 1. The van der Waals surface area contributed by atoms with Gasteiger partial charge in [-0.2, -0.15) is 0 Å². The molecule has 0 amide bonds. The Kier molecular flexibility index (Phi) is 2.75. The Morgan fingerprint density at radius 1 is 1.43 bits per heavy atom. The van der Waals surface area contributed by atoms with E-state index in [1.165, 1.54) is 0 Å². The Morgan fingerprint density at radius 2 is 1.71 bits per heavy atom. The van der Waals surface area contributed by atoms with Crippen LogP contribution in [0.4, 0.5) is 4.39 Å². The molecule has 0 aliphatic carbocycles. The number of halogens is 1. The highest BCUT2D eigenvalue weighted by atomic mass is 31.0. The fourth-order valence-corrected chi connectivity index (χ4v) is 0.250. The van der Waals surface area contributed by atoms with Crippen molar-refractivity contribution in [2.75, 3.05) is 0 Å². The molecule has 0 heterocycles. The topological polar surface area (TPSA) is 0 Å². The van der Waals surface area contributed by atoms with Crippen molar-refractivity contribution in [3.63, 3.8) is 0 Å². The van der Waals surface area contributed by atoms with Gasteiger partial charge in [0.05, 0.1) is 0 Å². The summed E-state index contributed by atoms with van der Waals surface area (Å²) in [6.07, 6.45) is 1.18. The van der Waals surface area contributed by atoms with Crippen LogP contribution in [0.25, 0.3) is 0 Å². The minimum Gasteiger partial charge on any atom is -0.240 e. The van der Waals surface area contributed by atoms with E-state index >= 15 is 0 Å². The molecule has 0 saturated heterocycles. The van der Waals surface area contributed by atoms with Gasteiger partial charge in [-0.25, -0.2) is 4.39 Å². The van der Waals surface area contributed by atoms with Crippen LogP contribution in [0.1, 0.15) is 26.7 Å².